The molecule has 0 aliphatic carbocycles. The predicted molar refractivity (Wildman–Crippen MR) is 68.0 cm³/mol. The van der Waals surface area contributed by atoms with E-state index in [1.807, 2.05) is 30.3 Å². The third-order valence-corrected chi connectivity index (χ3v) is 2.10. The first-order valence-corrected chi connectivity index (χ1v) is 5.57. The monoisotopic (exact) mass is 262 g/mol. The number of amides is 3. The Balaban J connectivity index is 2.26. The largest absolute Gasteiger partial charge is 0.462 e. The summed E-state index contributed by atoms with van der Waals surface area (Å²) >= 11 is 0. The highest BCUT2D eigenvalue weighted by Crippen LogP contribution is 1.99. The molecular weight excluding hydrogens is 248 g/mol. The van der Waals surface area contributed by atoms with E-state index in [-0.39, 0.29) is 6.61 Å². The molecule has 0 aliphatic rings. The summed E-state index contributed by atoms with van der Waals surface area (Å²) in [5, 5.41) is 1.79. The number of nitrogens with one attached hydrogen (secondary N) is 1. The minimum Gasteiger partial charge on any atom is -0.462 e. The van der Waals surface area contributed by atoms with Crippen molar-refractivity contribution in [3.8, 4) is 0 Å². The molecule has 0 aromatic heterocycles. The number of hydrogen-bond donors (Lipinski definition) is 2. The van der Waals surface area contributed by atoms with Gasteiger partial charge in [0.2, 0.25) is 0 Å². The van der Waals surface area contributed by atoms with Crippen molar-refractivity contribution >= 4 is 17.9 Å². The Hall–Kier alpha value is -2.63. The number of primary amides is 1. The minimum atomic E-state index is -0.980. The summed E-state index contributed by atoms with van der Waals surface area (Å²) in [6, 6.07) is 8.55. The maximum Gasteiger partial charge on any atom is 0.330 e. The van der Waals surface area contributed by atoms with Crippen LogP contribution in [0, 0.1) is 0 Å². The molecule has 1 aromatic carbocycles. The van der Waals surface area contributed by atoms with Crippen molar-refractivity contribution in [1.29, 1.82) is 0 Å². The van der Waals surface area contributed by atoms with Gasteiger partial charge in [-0.25, -0.2) is 9.59 Å². The SMILES string of the molecule is NC(=O)NC(=O)C=CC(=O)OCCc1ccccc1. The summed E-state index contributed by atoms with van der Waals surface area (Å²) in [5.74, 6) is -1.43. The highest BCUT2D eigenvalue weighted by Gasteiger charge is 2.02. The first-order valence-electron chi connectivity index (χ1n) is 5.57. The third kappa shape index (κ3) is 6.62. The second kappa shape index (κ2) is 7.65. The summed E-state index contributed by atoms with van der Waals surface area (Å²) in [6.45, 7) is 0.213. The first kappa shape index (κ1) is 14.4. The molecule has 0 saturated heterocycles. The van der Waals surface area contributed by atoms with Gasteiger partial charge >= 0.3 is 12.0 Å². The van der Waals surface area contributed by atoms with Crippen LogP contribution in [0.3, 0.4) is 0 Å². The predicted octanol–water partition coefficient (Wildman–Crippen LogP) is 0.523. The zero-order valence-electron chi connectivity index (χ0n) is 10.2. The van der Waals surface area contributed by atoms with Crippen LogP contribution in [-0.2, 0) is 20.7 Å². The van der Waals surface area contributed by atoms with E-state index in [4.69, 9.17) is 10.5 Å². The van der Waals surface area contributed by atoms with Gasteiger partial charge in [0.1, 0.15) is 0 Å². The number of urea groups is 1. The third-order valence-electron chi connectivity index (χ3n) is 2.10. The van der Waals surface area contributed by atoms with Crippen molar-refractivity contribution in [3.05, 3.63) is 48.0 Å². The number of nitrogens with two attached hydrogens (primary N) is 1. The Labute approximate surface area is 110 Å². The van der Waals surface area contributed by atoms with Crippen LogP contribution in [0.2, 0.25) is 0 Å². The van der Waals surface area contributed by atoms with Crippen molar-refractivity contribution < 1.29 is 19.1 Å². The number of carbonyl (C=O) groups excluding carboxylic acids is 3. The number of benzene rings is 1. The van der Waals surface area contributed by atoms with Gasteiger partial charge in [-0.2, -0.15) is 0 Å². The van der Waals surface area contributed by atoms with Gasteiger partial charge < -0.3 is 10.5 Å². The number of carbonyl (C=O) groups is 3. The average molecular weight is 262 g/mol. The summed E-state index contributed by atoms with van der Waals surface area (Å²) < 4.78 is 4.88. The molecule has 0 unspecified atom stereocenters. The van der Waals surface area contributed by atoms with Gasteiger partial charge in [0.25, 0.3) is 5.91 Å². The van der Waals surface area contributed by atoms with E-state index in [9.17, 15) is 14.4 Å². The zero-order chi connectivity index (χ0) is 14.1. The van der Waals surface area contributed by atoms with Crippen LogP contribution in [0.4, 0.5) is 4.79 Å². The summed E-state index contributed by atoms with van der Waals surface area (Å²) in [5.41, 5.74) is 5.77. The Kier molecular flexibility index (Phi) is 5.81. The van der Waals surface area contributed by atoms with Crippen molar-refractivity contribution in [1.82, 2.24) is 5.32 Å². The lowest BCUT2D eigenvalue weighted by Crippen LogP contribution is -2.33. The molecule has 0 heterocycles. The van der Waals surface area contributed by atoms with Gasteiger partial charge in [-0.3, -0.25) is 10.1 Å². The number of imide groups is 1. The smallest absolute Gasteiger partial charge is 0.330 e. The van der Waals surface area contributed by atoms with E-state index in [0.717, 1.165) is 17.7 Å². The highest BCUT2D eigenvalue weighted by atomic mass is 16.5. The van der Waals surface area contributed by atoms with Crippen molar-refractivity contribution in [2.24, 2.45) is 5.73 Å². The maximum absolute atomic E-state index is 11.2. The summed E-state index contributed by atoms with van der Waals surface area (Å²) in [7, 11) is 0. The van der Waals surface area contributed by atoms with E-state index in [2.05, 4.69) is 0 Å². The van der Waals surface area contributed by atoms with Crippen molar-refractivity contribution in [2.75, 3.05) is 6.61 Å². The standard InChI is InChI=1S/C13H14N2O4/c14-13(18)15-11(16)6-7-12(17)19-9-8-10-4-2-1-3-5-10/h1-7H,8-9H2,(H3,14,15,16,18). The highest BCUT2D eigenvalue weighted by molar-refractivity contribution is 6.02. The molecule has 6 heteroatoms. The van der Waals surface area contributed by atoms with Crippen molar-refractivity contribution in [3.63, 3.8) is 0 Å². The Morgan fingerprint density at radius 1 is 1.16 bits per heavy atom. The summed E-state index contributed by atoms with van der Waals surface area (Å²) in [4.78, 5) is 32.5. The fourth-order valence-electron chi connectivity index (χ4n) is 1.27. The van der Waals surface area contributed by atoms with E-state index in [1.54, 1.807) is 5.32 Å². The molecule has 1 aromatic rings. The van der Waals surface area contributed by atoms with Crippen LogP contribution in [0.25, 0.3) is 0 Å². The number of rotatable bonds is 5. The molecule has 3 N–H and O–H groups in total. The van der Waals surface area contributed by atoms with Crippen LogP contribution >= 0.6 is 0 Å². The number of hydrogen-bond acceptors (Lipinski definition) is 4. The molecule has 0 aliphatic heterocycles. The Bertz CT molecular complexity index is 483. The molecule has 3 amide bonds. The van der Waals surface area contributed by atoms with Crippen LogP contribution in [-0.4, -0.2) is 24.5 Å². The lowest BCUT2D eigenvalue weighted by Gasteiger charge is -2.02. The number of esters is 1. The fourth-order valence-corrected chi connectivity index (χ4v) is 1.27. The fraction of sp³-hybridized carbons (Fsp3) is 0.154. The first-order chi connectivity index (χ1) is 9.08. The molecule has 19 heavy (non-hydrogen) atoms. The molecule has 0 spiro atoms. The lowest BCUT2D eigenvalue weighted by atomic mass is 10.2. The molecule has 100 valence electrons. The molecule has 0 bridgehead atoms. The lowest BCUT2D eigenvalue weighted by molar-refractivity contribution is -0.137. The van der Waals surface area contributed by atoms with Crippen LogP contribution in [0.1, 0.15) is 5.56 Å². The second-order valence-electron chi connectivity index (χ2n) is 3.59. The van der Waals surface area contributed by atoms with Crippen molar-refractivity contribution in [2.45, 2.75) is 6.42 Å². The second-order valence-corrected chi connectivity index (χ2v) is 3.59. The molecule has 0 fully saturated rings. The molecular formula is C13H14N2O4. The minimum absolute atomic E-state index is 0.213. The van der Waals surface area contributed by atoms with Crippen LogP contribution in [0.15, 0.2) is 42.5 Å². The van der Waals surface area contributed by atoms with E-state index in [1.165, 1.54) is 0 Å². The Morgan fingerprint density at radius 2 is 1.84 bits per heavy atom. The zero-order valence-corrected chi connectivity index (χ0v) is 10.2. The molecule has 0 radical (unpaired) electrons. The topological polar surface area (TPSA) is 98.5 Å². The Morgan fingerprint density at radius 3 is 2.47 bits per heavy atom. The molecule has 6 nitrogen and oxygen atoms in total. The van der Waals surface area contributed by atoms with Gasteiger partial charge in [-0.15, -0.1) is 0 Å². The summed E-state index contributed by atoms with van der Waals surface area (Å²) in [6.07, 6.45) is 2.41. The molecule has 0 atom stereocenters. The van der Waals surface area contributed by atoms with E-state index >= 15 is 0 Å². The van der Waals surface area contributed by atoms with Gasteiger partial charge in [-0.1, -0.05) is 30.3 Å². The number of ether oxygens (including phenoxy) is 1. The quantitative estimate of drug-likeness (QED) is 0.597. The van der Waals surface area contributed by atoms with Gasteiger partial charge in [0.15, 0.2) is 0 Å². The average Bonchev–Trinajstić information content (AvgIpc) is 2.37. The van der Waals surface area contributed by atoms with E-state index < -0.39 is 17.9 Å². The van der Waals surface area contributed by atoms with Gasteiger partial charge in [0.05, 0.1) is 6.61 Å². The van der Waals surface area contributed by atoms with Gasteiger partial charge in [-0.05, 0) is 5.56 Å². The molecule has 1 rings (SSSR count). The van der Waals surface area contributed by atoms with E-state index in [0.29, 0.717) is 6.42 Å². The molecule has 0 saturated carbocycles. The van der Waals surface area contributed by atoms with Crippen LogP contribution < -0.4 is 11.1 Å². The normalized spacial score (nSPS) is 10.1. The van der Waals surface area contributed by atoms with Gasteiger partial charge in [0, 0.05) is 18.6 Å². The maximum atomic E-state index is 11.2. The van der Waals surface area contributed by atoms with Crippen LogP contribution in [0.5, 0.6) is 0 Å².